The first-order valence-corrected chi connectivity index (χ1v) is 9.81. The van der Waals surface area contributed by atoms with Gasteiger partial charge in [0.05, 0.1) is 6.10 Å². The highest BCUT2D eigenvalue weighted by Gasteiger charge is 2.21. The Hall–Kier alpha value is -1.79. The fraction of sp³-hybridized carbons (Fsp3) is 0.650. The number of carbonyl (C=O) groups excluding carboxylic acids is 1. The summed E-state index contributed by atoms with van der Waals surface area (Å²) in [4.78, 5) is 13.8. The van der Waals surface area contributed by atoms with Crippen LogP contribution in [0.3, 0.4) is 0 Å². The van der Waals surface area contributed by atoms with Crippen LogP contribution >= 0.6 is 0 Å². The molecule has 0 spiro atoms. The van der Waals surface area contributed by atoms with Crippen LogP contribution in [0, 0.1) is 0 Å². The maximum atomic E-state index is 11.9. The molecule has 6 nitrogen and oxygen atoms in total. The molecule has 0 aliphatic carbocycles. The molecule has 1 heterocycles. The number of urea groups is 1. The molecule has 6 heteroatoms. The fourth-order valence-electron chi connectivity index (χ4n) is 3.07. The van der Waals surface area contributed by atoms with Crippen LogP contribution < -0.4 is 15.4 Å². The van der Waals surface area contributed by atoms with Gasteiger partial charge >= 0.3 is 6.03 Å². The Balaban J connectivity index is 1.50. The van der Waals surface area contributed by atoms with E-state index in [9.17, 15) is 9.90 Å². The van der Waals surface area contributed by atoms with E-state index in [1.54, 1.807) is 0 Å². The summed E-state index contributed by atoms with van der Waals surface area (Å²) in [6, 6.07) is 10.1. The van der Waals surface area contributed by atoms with E-state index in [0.29, 0.717) is 12.6 Å². The second-order valence-electron chi connectivity index (χ2n) is 6.87. The van der Waals surface area contributed by atoms with Crippen molar-refractivity contribution < 1.29 is 14.6 Å². The van der Waals surface area contributed by atoms with Gasteiger partial charge in [-0.15, -0.1) is 0 Å². The van der Waals surface area contributed by atoms with Crippen molar-refractivity contribution in [1.82, 2.24) is 15.5 Å². The molecule has 3 N–H and O–H groups in total. The Bertz CT molecular complexity index is 504. The summed E-state index contributed by atoms with van der Waals surface area (Å²) in [5.41, 5.74) is 0. The Morgan fingerprint density at radius 2 is 2.00 bits per heavy atom. The van der Waals surface area contributed by atoms with E-state index < -0.39 is 6.10 Å². The SMILES string of the molecule is CCCNC(=O)N1CCC(NCCCC(O)COc2ccccc2)CC1. The van der Waals surface area contributed by atoms with E-state index in [1.807, 2.05) is 35.2 Å². The number of benzene rings is 1. The molecule has 1 atom stereocenters. The first-order chi connectivity index (χ1) is 12.7. The summed E-state index contributed by atoms with van der Waals surface area (Å²) in [5, 5.41) is 16.5. The lowest BCUT2D eigenvalue weighted by Gasteiger charge is -2.32. The normalized spacial score (nSPS) is 16.3. The van der Waals surface area contributed by atoms with Crippen LogP contribution in [0.4, 0.5) is 4.79 Å². The molecule has 1 unspecified atom stereocenters. The average molecular weight is 364 g/mol. The van der Waals surface area contributed by atoms with Gasteiger partial charge in [0.15, 0.2) is 0 Å². The Morgan fingerprint density at radius 3 is 2.69 bits per heavy atom. The first-order valence-electron chi connectivity index (χ1n) is 9.81. The van der Waals surface area contributed by atoms with Crippen LogP contribution in [0.2, 0.25) is 0 Å². The van der Waals surface area contributed by atoms with Crippen molar-refractivity contribution in [1.29, 1.82) is 0 Å². The summed E-state index contributed by atoms with van der Waals surface area (Å²) in [7, 11) is 0. The zero-order valence-corrected chi connectivity index (χ0v) is 15.8. The van der Waals surface area contributed by atoms with E-state index in [2.05, 4.69) is 17.6 Å². The largest absolute Gasteiger partial charge is 0.491 e. The van der Waals surface area contributed by atoms with Crippen LogP contribution in [-0.2, 0) is 0 Å². The molecule has 1 fully saturated rings. The predicted molar refractivity (Wildman–Crippen MR) is 103 cm³/mol. The number of aliphatic hydroxyl groups excluding tert-OH is 1. The first kappa shape index (κ1) is 20.5. The topological polar surface area (TPSA) is 73.8 Å². The van der Waals surface area contributed by atoms with Gasteiger partial charge in [-0.05, 0) is 50.8 Å². The summed E-state index contributed by atoms with van der Waals surface area (Å²) in [5.74, 6) is 0.791. The molecule has 146 valence electrons. The van der Waals surface area contributed by atoms with Crippen molar-refractivity contribution in [2.24, 2.45) is 0 Å². The van der Waals surface area contributed by atoms with Gasteiger partial charge in [0.1, 0.15) is 12.4 Å². The number of likely N-dealkylation sites (tertiary alicyclic amines) is 1. The Kier molecular flexibility index (Phi) is 9.28. The number of para-hydroxylation sites is 1. The van der Waals surface area contributed by atoms with Gasteiger partial charge in [-0.2, -0.15) is 0 Å². The highest BCUT2D eigenvalue weighted by molar-refractivity contribution is 5.74. The molecule has 1 aromatic rings. The minimum atomic E-state index is -0.443. The molecule has 0 bridgehead atoms. The zero-order chi connectivity index (χ0) is 18.6. The molecule has 0 radical (unpaired) electrons. The van der Waals surface area contributed by atoms with Crippen LogP contribution in [0.1, 0.15) is 39.0 Å². The van der Waals surface area contributed by atoms with Crippen molar-refractivity contribution in [2.45, 2.75) is 51.2 Å². The number of aliphatic hydroxyl groups is 1. The number of piperidine rings is 1. The number of ether oxygens (including phenoxy) is 1. The predicted octanol–water partition coefficient (Wildman–Crippen LogP) is 2.38. The van der Waals surface area contributed by atoms with Crippen molar-refractivity contribution >= 4 is 6.03 Å². The lowest BCUT2D eigenvalue weighted by atomic mass is 10.0. The Labute approximate surface area is 156 Å². The average Bonchev–Trinajstić information content (AvgIpc) is 2.69. The molecular formula is C20H33N3O3. The Morgan fingerprint density at radius 1 is 1.27 bits per heavy atom. The van der Waals surface area contributed by atoms with E-state index in [4.69, 9.17) is 4.74 Å². The highest BCUT2D eigenvalue weighted by atomic mass is 16.5. The van der Waals surface area contributed by atoms with Gasteiger partial charge in [0.2, 0.25) is 0 Å². The van der Waals surface area contributed by atoms with Gasteiger partial charge in [-0.25, -0.2) is 4.79 Å². The van der Waals surface area contributed by atoms with E-state index in [1.165, 1.54) is 0 Å². The second-order valence-corrected chi connectivity index (χ2v) is 6.87. The van der Waals surface area contributed by atoms with E-state index in [-0.39, 0.29) is 6.03 Å². The molecule has 1 aliphatic rings. The third kappa shape index (κ3) is 7.62. The smallest absolute Gasteiger partial charge is 0.317 e. The lowest BCUT2D eigenvalue weighted by molar-refractivity contribution is 0.0976. The maximum Gasteiger partial charge on any atom is 0.317 e. The minimum absolute atomic E-state index is 0.0619. The summed E-state index contributed by atoms with van der Waals surface area (Å²) < 4.78 is 5.56. The van der Waals surface area contributed by atoms with Crippen molar-refractivity contribution in [2.75, 3.05) is 32.8 Å². The van der Waals surface area contributed by atoms with Crippen LogP contribution in [0.25, 0.3) is 0 Å². The molecule has 0 aromatic heterocycles. The van der Waals surface area contributed by atoms with Crippen LogP contribution in [0.5, 0.6) is 5.75 Å². The van der Waals surface area contributed by atoms with Gasteiger partial charge in [-0.3, -0.25) is 0 Å². The quantitative estimate of drug-likeness (QED) is 0.558. The number of hydrogen-bond acceptors (Lipinski definition) is 4. The number of hydrogen-bond donors (Lipinski definition) is 3. The summed E-state index contributed by atoms with van der Waals surface area (Å²) in [6.07, 6.45) is 4.13. The summed E-state index contributed by atoms with van der Waals surface area (Å²) in [6.45, 7) is 5.63. The number of carbonyl (C=O) groups is 1. The third-order valence-electron chi connectivity index (χ3n) is 4.64. The molecule has 1 aliphatic heterocycles. The third-order valence-corrected chi connectivity index (χ3v) is 4.64. The molecular weight excluding hydrogens is 330 g/mol. The summed E-state index contributed by atoms with van der Waals surface area (Å²) >= 11 is 0. The van der Waals surface area contributed by atoms with Crippen molar-refractivity contribution in [3.8, 4) is 5.75 Å². The van der Waals surface area contributed by atoms with E-state index >= 15 is 0 Å². The lowest BCUT2D eigenvalue weighted by Crippen LogP contribution is -2.48. The molecule has 1 aromatic carbocycles. The number of amides is 2. The fourth-order valence-corrected chi connectivity index (χ4v) is 3.07. The number of nitrogens with zero attached hydrogens (tertiary/aromatic N) is 1. The second kappa shape index (κ2) is 11.8. The molecule has 1 saturated heterocycles. The van der Waals surface area contributed by atoms with Gasteiger partial charge in [-0.1, -0.05) is 25.1 Å². The van der Waals surface area contributed by atoms with Gasteiger partial charge in [0, 0.05) is 25.7 Å². The molecule has 0 saturated carbocycles. The van der Waals surface area contributed by atoms with Crippen LogP contribution in [0.15, 0.2) is 30.3 Å². The van der Waals surface area contributed by atoms with Crippen molar-refractivity contribution in [3.63, 3.8) is 0 Å². The zero-order valence-electron chi connectivity index (χ0n) is 15.8. The number of nitrogens with one attached hydrogen (secondary N) is 2. The minimum Gasteiger partial charge on any atom is -0.491 e. The van der Waals surface area contributed by atoms with Crippen LogP contribution in [-0.4, -0.2) is 61.0 Å². The molecule has 2 rings (SSSR count). The molecule has 2 amide bonds. The van der Waals surface area contributed by atoms with E-state index in [0.717, 1.165) is 64.0 Å². The van der Waals surface area contributed by atoms with Gasteiger partial charge < -0.3 is 25.4 Å². The standard InChI is InChI=1S/C20H33N3O3/c1-2-12-22-20(25)23-14-10-17(11-15-23)21-13-6-7-18(24)16-26-19-8-4-3-5-9-19/h3-5,8-9,17-18,21,24H,2,6-7,10-16H2,1H3,(H,22,25). The van der Waals surface area contributed by atoms with Gasteiger partial charge in [0.25, 0.3) is 0 Å². The van der Waals surface area contributed by atoms with Crippen molar-refractivity contribution in [3.05, 3.63) is 30.3 Å². The maximum absolute atomic E-state index is 11.9. The highest BCUT2D eigenvalue weighted by Crippen LogP contribution is 2.12. The monoisotopic (exact) mass is 363 g/mol. The molecule has 26 heavy (non-hydrogen) atoms. The number of rotatable bonds is 10.